The third-order valence-electron chi connectivity index (χ3n) is 10.5. The van der Waals surface area contributed by atoms with E-state index in [2.05, 4.69) is 18.7 Å². The van der Waals surface area contributed by atoms with E-state index in [0.717, 1.165) is 89.8 Å². The summed E-state index contributed by atoms with van der Waals surface area (Å²) in [6.45, 7) is 8.15. The highest BCUT2D eigenvalue weighted by Gasteiger charge is 2.39. The number of aliphatic hydroxyl groups excluding tert-OH is 1. The molecule has 0 spiro atoms. The highest BCUT2D eigenvalue weighted by atomic mass is 16.5. The lowest BCUT2D eigenvalue weighted by Crippen LogP contribution is -2.29. The molecule has 0 amide bonds. The zero-order chi connectivity index (χ0) is 32.4. The average Bonchev–Trinajstić information content (AvgIpc) is 3.30. The molecule has 0 aromatic heterocycles. The predicted octanol–water partition coefficient (Wildman–Crippen LogP) is 9.79. The summed E-state index contributed by atoms with van der Waals surface area (Å²) in [5.74, 6) is 2.16. The number of carbonyl (C=O) groups is 2. The second-order valence-electron chi connectivity index (χ2n) is 14.5. The van der Waals surface area contributed by atoms with Gasteiger partial charge in [-0.1, -0.05) is 117 Å². The second-order valence-corrected chi connectivity index (χ2v) is 14.5. The Morgan fingerprint density at radius 1 is 0.689 bits per heavy atom. The number of carbonyl (C=O) groups excluding carboxylic acids is 2. The molecule has 6 nitrogen and oxygen atoms in total. The molecule has 0 radical (unpaired) electrons. The Morgan fingerprint density at radius 2 is 1.29 bits per heavy atom. The molecular formula is C39H73NO5. The van der Waals surface area contributed by atoms with Gasteiger partial charge in [0, 0.05) is 19.4 Å². The molecule has 0 saturated heterocycles. The van der Waals surface area contributed by atoms with Gasteiger partial charge in [-0.2, -0.15) is 0 Å². The number of rotatable bonds is 30. The van der Waals surface area contributed by atoms with Crippen LogP contribution in [0, 0.1) is 17.8 Å². The van der Waals surface area contributed by atoms with Crippen LogP contribution in [0.5, 0.6) is 0 Å². The van der Waals surface area contributed by atoms with Gasteiger partial charge >= 0.3 is 11.9 Å². The Morgan fingerprint density at radius 3 is 1.89 bits per heavy atom. The van der Waals surface area contributed by atoms with Crippen molar-refractivity contribution in [1.82, 2.24) is 4.90 Å². The monoisotopic (exact) mass is 636 g/mol. The smallest absolute Gasteiger partial charge is 0.306 e. The standard InChI is InChI=1S/C39H73NO5/c1-3-5-13-20-34(21-14-6-4-2)26-31-44-38(42)24-15-9-7-11-17-27-40(29-30-41)28-18-12-8-10-16-25-39(43)45-37-33-35-22-19-23-36(37)32-35/h34-37,41H,3-33H2,1-2H3. The van der Waals surface area contributed by atoms with Gasteiger partial charge in [0.05, 0.1) is 13.2 Å². The average molecular weight is 636 g/mol. The summed E-state index contributed by atoms with van der Waals surface area (Å²) in [5, 5.41) is 9.50. The molecule has 0 heterocycles. The van der Waals surface area contributed by atoms with Crippen LogP contribution >= 0.6 is 0 Å². The minimum Gasteiger partial charge on any atom is -0.466 e. The summed E-state index contributed by atoms with van der Waals surface area (Å²) in [4.78, 5) is 26.9. The van der Waals surface area contributed by atoms with E-state index in [1.165, 1.54) is 89.9 Å². The molecule has 2 aliphatic carbocycles. The minimum atomic E-state index is -0.0176. The first kappa shape index (κ1) is 40.0. The van der Waals surface area contributed by atoms with Crippen molar-refractivity contribution in [2.24, 2.45) is 17.8 Å². The van der Waals surface area contributed by atoms with Gasteiger partial charge in [0.2, 0.25) is 0 Å². The number of hydrogen-bond acceptors (Lipinski definition) is 6. The van der Waals surface area contributed by atoms with Crippen LogP contribution in [0.25, 0.3) is 0 Å². The Kier molecular flexibility index (Phi) is 23.9. The molecule has 264 valence electrons. The molecule has 0 aromatic carbocycles. The lowest BCUT2D eigenvalue weighted by molar-refractivity contribution is -0.151. The molecule has 2 aliphatic rings. The van der Waals surface area contributed by atoms with Crippen molar-refractivity contribution in [3.63, 3.8) is 0 Å². The zero-order valence-electron chi connectivity index (χ0n) is 29.8. The largest absolute Gasteiger partial charge is 0.466 e. The SMILES string of the molecule is CCCCCC(CCCCC)CCOC(=O)CCCCCCCN(CCO)CCCCCCCC(=O)OC1CC2CCCC1C2. The van der Waals surface area contributed by atoms with Gasteiger partial charge in [-0.05, 0) is 82.2 Å². The molecule has 6 heteroatoms. The fourth-order valence-electron chi connectivity index (χ4n) is 7.74. The van der Waals surface area contributed by atoms with Crippen molar-refractivity contribution in [3.05, 3.63) is 0 Å². The van der Waals surface area contributed by atoms with Crippen molar-refractivity contribution in [1.29, 1.82) is 0 Å². The quantitative estimate of drug-likeness (QED) is 0.0625. The highest BCUT2D eigenvalue weighted by molar-refractivity contribution is 5.69. The molecule has 2 fully saturated rings. The van der Waals surface area contributed by atoms with Gasteiger partial charge in [0.1, 0.15) is 6.10 Å². The fourth-order valence-corrected chi connectivity index (χ4v) is 7.74. The minimum absolute atomic E-state index is 0.0176. The van der Waals surface area contributed by atoms with Crippen molar-refractivity contribution in [2.45, 2.75) is 187 Å². The molecule has 3 unspecified atom stereocenters. The molecule has 2 saturated carbocycles. The van der Waals surface area contributed by atoms with Gasteiger partial charge in [0.15, 0.2) is 0 Å². The van der Waals surface area contributed by atoms with Gasteiger partial charge in [-0.3, -0.25) is 9.59 Å². The fraction of sp³-hybridized carbons (Fsp3) is 0.949. The van der Waals surface area contributed by atoms with Crippen LogP contribution in [-0.2, 0) is 19.1 Å². The summed E-state index contributed by atoms with van der Waals surface area (Å²) < 4.78 is 11.4. The lowest BCUT2D eigenvalue weighted by atomic mass is 9.89. The van der Waals surface area contributed by atoms with Gasteiger partial charge in [0.25, 0.3) is 0 Å². The maximum Gasteiger partial charge on any atom is 0.306 e. The lowest BCUT2D eigenvalue weighted by Gasteiger charge is -2.21. The molecule has 2 rings (SSSR count). The number of fused-ring (bicyclic) bond motifs is 2. The van der Waals surface area contributed by atoms with Crippen LogP contribution in [-0.4, -0.2) is 60.9 Å². The molecule has 2 bridgehead atoms. The van der Waals surface area contributed by atoms with E-state index in [9.17, 15) is 14.7 Å². The van der Waals surface area contributed by atoms with Gasteiger partial charge < -0.3 is 19.5 Å². The Bertz CT molecular complexity index is 720. The molecule has 3 atom stereocenters. The van der Waals surface area contributed by atoms with Gasteiger partial charge in [-0.15, -0.1) is 0 Å². The maximum absolute atomic E-state index is 12.3. The van der Waals surface area contributed by atoms with E-state index >= 15 is 0 Å². The third-order valence-corrected chi connectivity index (χ3v) is 10.5. The van der Waals surface area contributed by atoms with E-state index in [0.29, 0.717) is 31.3 Å². The summed E-state index contributed by atoms with van der Waals surface area (Å²) in [6.07, 6.45) is 30.0. The molecular weight excluding hydrogens is 562 g/mol. The topological polar surface area (TPSA) is 76.1 Å². The van der Waals surface area contributed by atoms with E-state index < -0.39 is 0 Å². The number of ether oxygens (including phenoxy) is 2. The third kappa shape index (κ3) is 20.0. The molecule has 0 aliphatic heterocycles. The summed E-state index contributed by atoms with van der Waals surface area (Å²) in [6, 6.07) is 0. The van der Waals surface area contributed by atoms with Crippen molar-refractivity contribution >= 4 is 11.9 Å². The van der Waals surface area contributed by atoms with Crippen LogP contribution in [0.3, 0.4) is 0 Å². The van der Waals surface area contributed by atoms with Crippen LogP contribution in [0.2, 0.25) is 0 Å². The summed E-state index contributed by atoms with van der Waals surface area (Å²) in [7, 11) is 0. The first-order valence-corrected chi connectivity index (χ1v) is 19.7. The number of esters is 2. The van der Waals surface area contributed by atoms with Crippen molar-refractivity contribution < 1.29 is 24.2 Å². The van der Waals surface area contributed by atoms with Crippen LogP contribution < -0.4 is 0 Å². The van der Waals surface area contributed by atoms with E-state index in [1.807, 2.05) is 0 Å². The normalized spacial score (nSPS) is 19.4. The number of hydrogen-bond donors (Lipinski definition) is 1. The molecule has 45 heavy (non-hydrogen) atoms. The first-order chi connectivity index (χ1) is 22.0. The molecule has 1 N–H and O–H groups in total. The Labute approximate surface area is 278 Å². The van der Waals surface area contributed by atoms with Crippen LogP contribution in [0.4, 0.5) is 0 Å². The van der Waals surface area contributed by atoms with E-state index in [4.69, 9.17) is 9.47 Å². The van der Waals surface area contributed by atoms with Crippen LogP contribution in [0.15, 0.2) is 0 Å². The highest BCUT2D eigenvalue weighted by Crippen LogP contribution is 2.43. The Balaban J connectivity index is 1.40. The molecule has 0 aromatic rings. The number of nitrogens with zero attached hydrogens (tertiary/aromatic N) is 1. The van der Waals surface area contributed by atoms with E-state index in [1.54, 1.807) is 0 Å². The Hall–Kier alpha value is -1.14. The van der Waals surface area contributed by atoms with E-state index in [-0.39, 0.29) is 24.6 Å². The van der Waals surface area contributed by atoms with Crippen molar-refractivity contribution in [3.8, 4) is 0 Å². The summed E-state index contributed by atoms with van der Waals surface area (Å²) >= 11 is 0. The maximum atomic E-state index is 12.3. The zero-order valence-corrected chi connectivity index (χ0v) is 29.8. The van der Waals surface area contributed by atoms with Crippen LogP contribution in [0.1, 0.15) is 181 Å². The first-order valence-electron chi connectivity index (χ1n) is 19.7. The number of aliphatic hydroxyl groups is 1. The summed E-state index contributed by atoms with van der Waals surface area (Å²) in [5.41, 5.74) is 0. The van der Waals surface area contributed by atoms with Gasteiger partial charge in [-0.25, -0.2) is 0 Å². The second kappa shape index (κ2) is 26.9. The number of unbranched alkanes of at least 4 members (excludes halogenated alkanes) is 12. The van der Waals surface area contributed by atoms with Crippen molar-refractivity contribution in [2.75, 3.05) is 32.8 Å². The predicted molar refractivity (Wildman–Crippen MR) is 186 cm³/mol.